The Morgan fingerprint density at radius 1 is 0.963 bits per heavy atom. The number of nitrogens with zero attached hydrogens (tertiary/aromatic N) is 3. The smallest absolute Gasteiger partial charge is 0.252 e. The quantitative estimate of drug-likeness (QED) is 0.587. The van der Waals surface area contributed by atoms with E-state index in [1.807, 2.05) is 44.2 Å². The Morgan fingerprint density at radius 2 is 1.70 bits per heavy atom. The van der Waals surface area contributed by atoms with Crippen LogP contribution in [0.2, 0.25) is 0 Å². The minimum atomic E-state index is -0.138. The lowest BCUT2D eigenvalue weighted by Gasteiger charge is -2.18. The van der Waals surface area contributed by atoms with E-state index < -0.39 is 0 Å². The molecule has 2 aromatic carbocycles. The topological polar surface area (TPSA) is 59.8 Å². The van der Waals surface area contributed by atoms with Gasteiger partial charge in [0.2, 0.25) is 5.95 Å². The average Bonchev–Trinajstić information content (AvgIpc) is 2.69. The van der Waals surface area contributed by atoms with Crippen LogP contribution in [0.4, 0.5) is 11.6 Å². The molecule has 0 bridgehead atoms. The highest BCUT2D eigenvalue weighted by Crippen LogP contribution is 2.22. The number of aromatic nitrogens is 3. The molecule has 5 nitrogen and oxygen atoms in total. The van der Waals surface area contributed by atoms with Gasteiger partial charge in [0.25, 0.3) is 5.56 Å². The number of para-hydroxylation sites is 1. The summed E-state index contributed by atoms with van der Waals surface area (Å²) in [6.07, 6.45) is 1.74. The third-order valence-electron chi connectivity index (χ3n) is 4.64. The van der Waals surface area contributed by atoms with Crippen molar-refractivity contribution in [2.75, 3.05) is 5.32 Å². The molecule has 0 saturated heterocycles. The minimum Gasteiger partial charge on any atom is -0.324 e. The van der Waals surface area contributed by atoms with Crippen molar-refractivity contribution in [2.24, 2.45) is 0 Å². The summed E-state index contributed by atoms with van der Waals surface area (Å²) in [4.78, 5) is 21.7. The molecular formula is C22H20N4O. The predicted molar refractivity (Wildman–Crippen MR) is 109 cm³/mol. The molecule has 5 heteroatoms. The van der Waals surface area contributed by atoms with Gasteiger partial charge in [-0.15, -0.1) is 0 Å². The molecule has 1 atom stereocenters. The lowest BCUT2D eigenvalue weighted by Crippen LogP contribution is -2.24. The van der Waals surface area contributed by atoms with Crippen LogP contribution < -0.4 is 10.9 Å². The average molecular weight is 356 g/mol. The molecule has 4 aromatic rings. The van der Waals surface area contributed by atoms with Gasteiger partial charge in [0.05, 0.1) is 6.04 Å². The third-order valence-corrected chi connectivity index (χ3v) is 4.64. The van der Waals surface area contributed by atoms with Gasteiger partial charge in [0.15, 0.2) is 0 Å². The van der Waals surface area contributed by atoms with Gasteiger partial charge in [0, 0.05) is 23.3 Å². The first kappa shape index (κ1) is 17.0. The van der Waals surface area contributed by atoms with Crippen molar-refractivity contribution in [1.82, 2.24) is 14.5 Å². The summed E-state index contributed by atoms with van der Waals surface area (Å²) in [6, 6.07) is 21.1. The van der Waals surface area contributed by atoms with Crippen molar-refractivity contribution in [3.05, 3.63) is 94.4 Å². The lowest BCUT2D eigenvalue weighted by atomic mass is 10.1. The molecule has 0 saturated carbocycles. The van der Waals surface area contributed by atoms with Gasteiger partial charge in [-0.2, -0.15) is 4.98 Å². The van der Waals surface area contributed by atoms with E-state index in [1.54, 1.807) is 22.9 Å². The normalized spacial score (nSPS) is 12.1. The van der Waals surface area contributed by atoms with Crippen LogP contribution in [0.1, 0.15) is 24.1 Å². The number of hydrogen-bond donors (Lipinski definition) is 1. The summed E-state index contributed by atoms with van der Waals surface area (Å²) in [6.45, 7) is 4.06. The first-order chi connectivity index (χ1) is 13.1. The Kier molecular flexibility index (Phi) is 4.42. The van der Waals surface area contributed by atoms with Crippen molar-refractivity contribution >= 4 is 22.7 Å². The number of benzene rings is 2. The standard InChI is InChI=1S/C22H20N4O/c1-15-8-10-17(11-9-15)16(2)26-20(27)13-12-18-14-23-22(25-21(18)26)24-19-6-4-3-5-7-19/h3-14,16H,1-2H3,(H,23,24,25). The van der Waals surface area contributed by atoms with Crippen molar-refractivity contribution < 1.29 is 0 Å². The van der Waals surface area contributed by atoms with E-state index in [0.717, 1.165) is 16.6 Å². The molecule has 0 aliphatic rings. The third kappa shape index (κ3) is 3.44. The van der Waals surface area contributed by atoms with Crippen LogP contribution in [0.15, 0.2) is 77.7 Å². The maximum absolute atomic E-state index is 12.7. The van der Waals surface area contributed by atoms with E-state index >= 15 is 0 Å². The Morgan fingerprint density at radius 3 is 2.44 bits per heavy atom. The number of aryl methyl sites for hydroxylation is 1. The first-order valence-electron chi connectivity index (χ1n) is 8.89. The maximum atomic E-state index is 12.7. The number of pyridine rings is 1. The summed E-state index contributed by atoms with van der Waals surface area (Å²) >= 11 is 0. The summed E-state index contributed by atoms with van der Waals surface area (Å²) < 4.78 is 1.72. The fourth-order valence-electron chi connectivity index (χ4n) is 3.12. The van der Waals surface area contributed by atoms with E-state index in [-0.39, 0.29) is 11.6 Å². The van der Waals surface area contributed by atoms with Gasteiger partial charge in [-0.25, -0.2) is 4.98 Å². The van der Waals surface area contributed by atoms with E-state index in [4.69, 9.17) is 0 Å². The molecule has 1 N–H and O–H groups in total. The molecular weight excluding hydrogens is 336 g/mol. The van der Waals surface area contributed by atoms with Gasteiger partial charge in [-0.3, -0.25) is 9.36 Å². The van der Waals surface area contributed by atoms with E-state index in [9.17, 15) is 4.79 Å². The van der Waals surface area contributed by atoms with Crippen LogP contribution in [-0.4, -0.2) is 14.5 Å². The molecule has 0 spiro atoms. The second-order valence-electron chi connectivity index (χ2n) is 6.59. The number of fused-ring (bicyclic) bond motifs is 1. The van der Waals surface area contributed by atoms with Gasteiger partial charge >= 0.3 is 0 Å². The Hall–Kier alpha value is -3.47. The molecule has 134 valence electrons. The Labute approximate surface area is 157 Å². The minimum absolute atomic E-state index is 0.0834. The van der Waals surface area contributed by atoms with Gasteiger partial charge < -0.3 is 5.32 Å². The largest absolute Gasteiger partial charge is 0.324 e. The maximum Gasteiger partial charge on any atom is 0.252 e. The fraction of sp³-hybridized carbons (Fsp3) is 0.136. The summed E-state index contributed by atoms with van der Waals surface area (Å²) in [5, 5.41) is 4.02. The molecule has 4 rings (SSSR count). The second kappa shape index (κ2) is 7.03. The Balaban J connectivity index is 1.81. The lowest BCUT2D eigenvalue weighted by molar-refractivity contribution is 0.632. The van der Waals surface area contributed by atoms with Crippen LogP contribution in [0, 0.1) is 6.92 Å². The van der Waals surface area contributed by atoms with E-state index in [0.29, 0.717) is 11.6 Å². The fourth-order valence-corrected chi connectivity index (χ4v) is 3.12. The van der Waals surface area contributed by atoms with Gasteiger partial charge in [-0.1, -0.05) is 48.0 Å². The Bertz CT molecular complexity index is 1130. The van der Waals surface area contributed by atoms with Crippen molar-refractivity contribution in [3.63, 3.8) is 0 Å². The van der Waals surface area contributed by atoms with Crippen LogP contribution in [0.25, 0.3) is 11.0 Å². The molecule has 0 amide bonds. The summed E-state index contributed by atoms with van der Waals surface area (Å²) in [5.74, 6) is 0.462. The number of nitrogens with one attached hydrogen (secondary N) is 1. The van der Waals surface area contributed by atoms with Crippen LogP contribution in [-0.2, 0) is 0 Å². The van der Waals surface area contributed by atoms with Crippen LogP contribution in [0.3, 0.4) is 0 Å². The molecule has 0 radical (unpaired) electrons. The zero-order valence-corrected chi connectivity index (χ0v) is 15.3. The highest BCUT2D eigenvalue weighted by molar-refractivity contribution is 5.76. The number of anilines is 2. The zero-order valence-electron chi connectivity index (χ0n) is 15.3. The molecule has 2 aromatic heterocycles. The van der Waals surface area contributed by atoms with E-state index in [1.165, 1.54) is 5.56 Å². The van der Waals surface area contributed by atoms with Crippen LogP contribution >= 0.6 is 0 Å². The molecule has 1 unspecified atom stereocenters. The predicted octanol–water partition coefficient (Wildman–Crippen LogP) is 4.45. The zero-order chi connectivity index (χ0) is 18.8. The number of hydrogen-bond acceptors (Lipinski definition) is 4. The van der Waals surface area contributed by atoms with Gasteiger partial charge in [-0.05, 0) is 37.6 Å². The first-order valence-corrected chi connectivity index (χ1v) is 8.89. The summed E-state index contributed by atoms with van der Waals surface area (Å²) in [5.41, 5.74) is 3.68. The van der Waals surface area contributed by atoms with Crippen molar-refractivity contribution in [3.8, 4) is 0 Å². The summed E-state index contributed by atoms with van der Waals surface area (Å²) in [7, 11) is 0. The molecule has 0 fully saturated rings. The SMILES string of the molecule is Cc1ccc(C(C)n2c(=O)ccc3cnc(Nc4ccccc4)nc32)cc1. The van der Waals surface area contributed by atoms with Crippen molar-refractivity contribution in [2.45, 2.75) is 19.9 Å². The highest BCUT2D eigenvalue weighted by atomic mass is 16.1. The van der Waals surface area contributed by atoms with Crippen LogP contribution in [0.5, 0.6) is 0 Å². The number of rotatable bonds is 4. The van der Waals surface area contributed by atoms with Gasteiger partial charge in [0.1, 0.15) is 5.65 Å². The molecule has 2 heterocycles. The molecule has 0 aliphatic heterocycles. The van der Waals surface area contributed by atoms with Crippen molar-refractivity contribution in [1.29, 1.82) is 0 Å². The second-order valence-corrected chi connectivity index (χ2v) is 6.59. The monoisotopic (exact) mass is 356 g/mol. The van der Waals surface area contributed by atoms with E-state index in [2.05, 4.69) is 39.6 Å². The molecule has 0 aliphatic carbocycles. The molecule has 27 heavy (non-hydrogen) atoms. The highest BCUT2D eigenvalue weighted by Gasteiger charge is 2.14.